The van der Waals surface area contributed by atoms with Gasteiger partial charge in [-0.3, -0.25) is 9.59 Å². The molecule has 7 heteroatoms. The van der Waals surface area contributed by atoms with Gasteiger partial charge in [0.2, 0.25) is 0 Å². The van der Waals surface area contributed by atoms with Gasteiger partial charge in [0, 0.05) is 13.1 Å². The maximum absolute atomic E-state index is 12.5. The zero-order valence-electron chi connectivity index (χ0n) is 12.4. The van der Waals surface area contributed by atoms with Crippen LogP contribution in [-0.2, 0) is 4.79 Å². The van der Waals surface area contributed by atoms with Gasteiger partial charge in [0.15, 0.2) is 11.4 Å². The average molecular weight is 315 g/mol. The van der Waals surface area contributed by atoms with Gasteiger partial charge in [0.25, 0.3) is 5.91 Å². The van der Waals surface area contributed by atoms with Crippen molar-refractivity contribution in [3.8, 4) is 11.4 Å². The summed E-state index contributed by atoms with van der Waals surface area (Å²) in [6, 6.07) is 9.18. The highest BCUT2D eigenvalue weighted by molar-refractivity contribution is 5.95. The summed E-state index contributed by atoms with van der Waals surface area (Å²) in [5.74, 6) is -1.79. The molecule has 0 atom stereocenters. The molecule has 1 aromatic carbocycles. The molecule has 0 radical (unpaired) electrons. The lowest BCUT2D eigenvalue weighted by Crippen LogP contribution is -2.40. The van der Waals surface area contributed by atoms with Crippen molar-refractivity contribution in [2.45, 2.75) is 12.8 Å². The van der Waals surface area contributed by atoms with Crippen molar-refractivity contribution in [1.29, 1.82) is 0 Å². The molecule has 1 fully saturated rings. The predicted molar refractivity (Wildman–Crippen MR) is 81.5 cm³/mol. The number of carboxylic acid groups (broad SMARTS) is 1. The second kappa shape index (κ2) is 6.12. The van der Waals surface area contributed by atoms with Crippen molar-refractivity contribution in [2.24, 2.45) is 5.92 Å². The minimum Gasteiger partial charge on any atom is -0.504 e. The van der Waals surface area contributed by atoms with Crippen LogP contribution in [0.5, 0.6) is 5.75 Å². The molecular formula is C16H17N3O4. The molecule has 0 aliphatic carbocycles. The molecule has 0 spiro atoms. The fourth-order valence-corrected chi connectivity index (χ4v) is 2.71. The fourth-order valence-electron chi connectivity index (χ4n) is 2.71. The van der Waals surface area contributed by atoms with E-state index in [1.54, 1.807) is 0 Å². The van der Waals surface area contributed by atoms with Crippen molar-refractivity contribution in [1.82, 2.24) is 14.7 Å². The molecule has 2 heterocycles. The highest BCUT2D eigenvalue weighted by Gasteiger charge is 2.30. The Kier molecular flexibility index (Phi) is 4.01. The maximum Gasteiger partial charge on any atom is 0.306 e. The molecule has 2 N–H and O–H groups in total. The summed E-state index contributed by atoms with van der Waals surface area (Å²) in [4.78, 5) is 25.0. The number of aromatic nitrogens is 2. The third-order valence-electron chi connectivity index (χ3n) is 4.05. The number of amides is 1. The summed E-state index contributed by atoms with van der Waals surface area (Å²) in [5.41, 5.74) is 0.731. The van der Waals surface area contributed by atoms with Crippen LogP contribution in [0.2, 0.25) is 0 Å². The van der Waals surface area contributed by atoms with Gasteiger partial charge < -0.3 is 15.1 Å². The number of benzene rings is 1. The maximum atomic E-state index is 12.5. The van der Waals surface area contributed by atoms with Crippen LogP contribution < -0.4 is 0 Å². The molecule has 1 aromatic heterocycles. The predicted octanol–water partition coefficient (Wildman–Crippen LogP) is 1.51. The van der Waals surface area contributed by atoms with Gasteiger partial charge in [-0.2, -0.15) is 5.10 Å². The van der Waals surface area contributed by atoms with Gasteiger partial charge in [-0.05, 0) is 25.0 Å². The number of piperidine rings is 1. The molecule has 3 rings (SSSR count). The third-order valence-corrected chi connectivity index (χ3v) is 4.05. The average Bonchev–Trinajstić information content (AvgIpc) is 2.97. The molecule has 0 bridgehead atoms. The van der Waals surface area contributed by atoms with Crippen LogP contribution in [0.4, 0.5) is 0 Å². The van der Waals surface area contributed by atoms with Crippen molar-refractivity contribution in [3.05, 3.63) is 42.2 Å². The standard InChI is InChI=1S/C16H17N3O4/c20-13-10-19(12-4-2-1-3-5-12)17-14(13)15(21)18-8-6-11(7-9-18)16(22)23/h1-5,10-11,20H,6-9H2,(H,22,23). The van der Waals surface area contributed by atoms with Crippen molar-refractivity contribution >= 4 is 11.9 Å². The Hall–Kier alpha value is -2.83. The van der Waals surface area contributed by atoms with Crippen LogP contribution >= 0.6 is 0 Å². The van der Waals surface area contributed by atoms with Crippen LogP contribution in [0, 0.1) is 5.92 Å². The summed E-state index contributed by atoms with van der Waals surface area (Å²) >= 11 is 0. The Bertz CT molecular complexity index is 718. The van der Waals surface area contributed by atoms with Gasteiger partial charge >= 0.3 is 5.97 Å². The van der Waals surface area contributed by atoms with Gasteiger partial charge in [-0.25, -0.2) is 4.68 Å². The van der Waals surface area contributed by atoms with Crippen LogP contribution in [0.15, 0.2) is 36.5 Å². The lowest BCUT2D eigenvalue weighted by Gasteiger charge is -2.29. The molecule has 23 heavy (non-hydrogen) atoms. The fraction of sp³-hybridized carbons (Fsp3) is 0.312. The topological polar surface area (TPSA) is 95.7 Å². The van der Waals surface area contributed by atoms with Crippen molar-refractivity contribution < 1.29 is 19.8 Å². The summed E-state index contributed by atoms with van der Waals surface area (Å²) in [6.45, 7) is 0.709. The van der Waals surface area contributed by atoms with E-state index in [4.69, 9.17) is 5.11 Å². The number of hydrogen-bond acceptors (Lipinski definition) is 4. The van der Waals surface area contributed by atoms with E-state index >= 15 is 0 Å². The Balaban J connectivity index is 1.76. The van der Waals surface area contributed by atoms with E-state index in [0.717, 1.165) is 5.69 Å². The van der Waals surface area contributed by atoms with E-state index in [1.807, 2.05) is 30.3 Å². The summed E-state index contributed by atoms with van der Waals surface area (Å²) in [6.07, 6.45) is 2.23. The number of carbonyl (C=O) groups excluding carboxylic acids is 1. The zero-order valence-corrected chi connectivity index (χ0v) is 12.4. The van der Waals surface area contributed by atoms with E-state index < -0.39 is 11.9 Å². The first-order chi connectivity index (χ1) is 11.1. The molecule has 2 aromatic rings. The molecule has 0 unspecified atom stereocenters. The molecule has 120 valence electrons. The molecular weight excluding hydrogens is 298 g/mol. The number of hydrogen-bond donors (Lipinski definition) is 2. The van der Waals surface area contributed by atoms with Gasteiger partial charge in [-0.15, -0.1) is 0 Å². The number of rotatable bonds is 3. The van der Waals surface area contributed by atoms with E-state index in [9.17, 15) is 14.7 Å². The Labute approximate surface area is 132 Å². The number of likely N-dealkylation sites (tertiary alicyclic amines) is 1. The van der Waals surface area contributed by atoms with Crippen molar-refractivity contribution in [2.75, 3.05) is 13.1 Å². The van der Waals surface area contributed by atoms with E-state index in [1.165, 1.54) is 15.8 Å². The molecule has 7 nitrogen and oxygen atoms in total. The Morgan fingerprint density at radius 1 is 1.13 bits per heavy atom. The second-order valence-corrected chi connectivity index (χ2v) is 5.55. The monoisotopic (exact) mass is 315 g/mol. The number of aromatic hydroxyl groups is 1. The summed E-state index contributed by atoms with van der Waals surface area (Å²) in [7, 11) is 0. The smallest absolute Gasteiger partial charge is 0.306 e. The number of para-hydroxylation sites is 1. The lowest BCUT2D eigenvalue weighted by atomic mass is 9.97. The lowest BCUT2D eigenvalue weighted by molar-refractivity contribution is -0.143. The highest BCUT2D eigenvalue weighted by Crippen LogP contribution is 2.23. The minimum absolute atomic E-state index is 0.0115. The quantitative estimate of drug-likeness (QED) is 0.895. The third kappa shape index (κ3) is 3.03. The van der Waals surface area contributed by atoms with Gasteiger partial charge in [0.1, 0.15) is 0 Å². The Morgan fingerprint density at radius 3 is 2.39 bits per heavy atom. The van der Waals surface area contributed by atoms with Gasteiger partial charge in [0.05, 0.1) is 17.8 Å². The van der Waals surface area contributed by atoms with Crippen LogP contribution in [0.3, 0.4) is 0 Å². The molecule has 0 saturated carbocycles. The first-order valence-electron chi connectivity index (χ1n) is 7.42. The second-order valence-electron chi connectivity index (χ2n) is 5.55. The van der Waals surface area contributed by atoms with E-state index in [-0.39, 0.29) is 17.4 Å². The SMILES string of the molecule is O=C(O)C1CCN(C(=O)c2nn(-c3ccccc3)cc2O)CC1. The Morgan fingerprint density at radius 2 is 1.78 bits per heavy atom. The number of nitrogens with zero attached hydrogens (tertiary/aromatic N) is 3. The molecule has 1 aliphatic rings. The molecule has 1 aliphatic heterocycles. The van der Waals surface area contributed by atoms with Crippen LogP contribution in [-0.4, -0.2) is 49.9 Å². The summed E-state index contributed by atoms with van der Waals surface area (Å²) < 4.78 is 1.45. The molecule has 1 saturated heterocycles. The van der Waals surface area contributed by atoms with Gasteiger partial charge in [-0.1, -0.05) is 18.2 Å². The highest BCUT2D eigenvalue weighted by atomic mass is 16.4. The first-order valence-corrected chi connectivity index (χ1v) is 7.42. The minimum atomic E-state index is -0.826. The van der Waals surface area contributed by atoms with E-state index in [2.05, 4.69) is 5.10 Å². The number of carbonyl (C=O) groups is 2. The van der Waals surface area contributed by atoms with Crippen molar-refractivity contribution in [3.63, 3.8) is 0 Å². The largest absolute Gasteiger partial charge is 0.504 e. The molecule has 1 amide bonds. The van der Waals surface area contributed by atoms with Crippen LogP contribution in [0.1, 0.15) is 23.3 Å². The normalized spacial score (nSPS) is 15.6. The van der Waals surface area contributed by atoms with Crippen LogP contribution in [0.25, 0.3) is 5.69 Å². The first kappa shape index (κ1) is 15.1. The number of aliphatic carboxylic acids is 1. The van der Waals surface area contributed by atoms with E-state index in [0.29, 0.717) is 25.9 Å². The number of carboxylic acids is 1. The zero-order chi connectivity index (χ0) is 16.4. The summed E-state index contributed by atoms with van der Waals surface area (Å²) in [5, 5.41) is 23.2.